The molecule has 1 atom stereocenters. The Morgan fingerprint density at radius 1 is 0.912 bits per heavy atom. The molecule has 3 aromatic rings. The maximum Gasteiger partial charge on any atom is 0.268 e. The molecule has 3 aromatic carbocycles. The van der Waals surface area contributed by atoms with Gasteiger partial charge >= 0.3 is 0 Å². The molecule has 0 saturated carbocycles. The van der Waals surface area contributed by atoms with Crippen molar-refractivity contribution in [1.82, 2.24) is 0 Å². The third kappa shape index (κ3) is 4.45. The van der Waals surface area contributed by atoms with Crippen molar-refractivity contribution in [2.24, 2.45) is 4.99 Å². The van der Waals surface area contributed by atoms with Gasteiger partial charge in [0.2, 0.25) is 0 Å². The van der Waals surface area contributed by atoms with Crippen LogP contribution in [0.4, 0.5) is 11.4 Å². The maximum absolute atomic E-state index is 13.6. The van der Waals surface area contributed by atoms with Gasteiger partial charge in [0, 0.05) is 17.3 Å². The standard InChI is InChI=1S/C29H32N2O2S/c1-4-12-28-29(5-2,26-15-9-10-16-27(26)30-28)21-11-22-31(24-13-7-6-8-14-24)34(32,33)25-19-17-23(3)18-20-25/h6-11,13-20,22H,4-5,12,21H2,1-3H3/b22-11+/t29-/m1/s1. The van der Waals surface area contributed by atoms with Crippen LogP contribution in [0.15, 0.2) is 101 Å². The van der Waals surface area contributed by atoms with E-state index in [1.165, 1.54) is 15.6 Å². The molecule has 0 saturated heterocycles. The van der Waals surface area contributed by atoms with Crippen LogP contribution in [0.3, 0.4) is 0 Å². The first kappa shape index (κ1) is 24.0. The summed E-state index contributed by atoms with van der Waals surface area (Å²) < 4.78 is 28.7. The molecular formula is C29H32N2O2S. The van der Waals surface area contributed by atoms with Crippen molar-refractivity contribution in [3.05, 3.63) is 102 Å². The third-order valence-corrected chi connectivity index (χ3v) is 8.33. The van der Waals surface area contributed by atoms with Crippen molar-refractivity contribution in [2.45, 2.75) is 56.8 Å². The molecule has 5 heteroatoms. The number of hydrogen-bond acceptors (Lipinski definition) is 3. The highest BCUT2D eigenvalue weighted by molar-refractivity contribution is 7.93. The molecule has 1 aliphatic rings. The van der Waals surface area contributed by atoms with Gasteiger partial charge in [-0.2, -0.15) is 0 Å². The summed E-state index contributed by atoms with van der Waals surface area (Å²) in [5.74, 6) is 0. The zero-order chi connectivity index (χ0) is 24.2. The molecule has 4 rings (SSSR count). The van der Waals surface area contributed by atoms with Crippen LogP contribution < -0.4 is 4.31 Å². The van der Waals surface area contributed by atoms with E-state index in [0.29, 0.717) is 12.1 Å². The molecule has 1 heterocycles. The lowest BCUT2D eigenvalue weighted by Gasteiger charge is -2.30. The molecule has 0 N–H and O–H groups in total. The summed E-state index contributed by atoms with van der Waals surface area (Å²) in [6.07, 6.45) is 7.26. The minimum absolute atomic E-state index is 0.209. The Kier molecular flexibility index (Phi) is 7.03. The van der Waals surface area contributed by atoms with E-state index in [-0.39, 0.29) is 10.3 Å². The molecular weight excluding hydrogens is 440 g/mol. The van der Waals surface area contributed by atoms with E-state index in [0.717, 1.165) is 30.5 Å². The number of allylic oxidation sites excluding steroid dienone is 1. The summed E-state index contributed by atoms with van der Waals surface area (Å²) in [6.45, 7) is 6.32. The predicted octanol–water partition coefficient (Wildman–Crippen LogP) is 7.33. The molecule has 0 amide bonds. The van der Waals surface area contributed by atoms with Crippen LogP contribution in [0.5, 0.6) is 0 Å². The van der Waals surface area contributed by atoms with Gasteiger partial charge in [-0.05, 0) is 62.1 Å². The monoisotopic (exact) mass is 472 g/mol. The molecule has 0 fully saturated rings. The van der Waals surface area contributed by atoms with E-state index in [2.05, 4.69) is 32.0 Å². The average molecular weight is 473 g/mol. The maximum atomic E-state index is 13.6. The SMILES string of the molecule is CCCC1=Nc2ccccc2[C@@]1(CC)C/C=C/N(c1ccccc1)S(=O)(=O)c1ccc(C)cc1. The van der Waals surface area contributed by atoms with Gasteiger partial charge in [-0.3, -0.25) is 4.99 Å². The molecule has 4 nitrogen and oxygen atoms in total. The first-order valence-electron chi connectivity index (χ1n) is 11.9. The van der Waals surface area contributed by atoms with Crippen LogP contribution in [0.1, 0.15) is 50.7 Å². The second-order valence-corrected chi connectivity index (χ2v) is 10.6. The van der Waals surface area contributed by atoms with Crippen molar-refractivity contribution in [3.63, 3.8) is 0 Å². The Hall–Kier alpha value is -3.18. The van der Waals surface area contributed by atoms with Crippen molar-refractivity contribution in [3.8, 4) is 0 Å². The lowest BCUT2D eigenvalue weighted by atomic mass is 9.71. The number of fused-ring (bicyclic) bond motifs is 1. The quantitative estimate of drug-likeness (QED) is 0.327. The van der Waals surface area contributed by atoms with Crippen molar-refractivity contribution >= 4 is 27.1 Å². The van der Waals surface area contributed by atoms with Gasteiger partial charge in [-0.25, -0.2) is 12.7 Å². The normalized spacial score (nSPS) is 17.6. The highest BCUT2D eigenvalue weighted by atomic mass is 32.2. The number of hydrogen-bond donors (Lipinski definition) is 0. The fourth-order valence-electron chi connectivity index (χ4n) is 4.74. The van der Waals surface area contributed by atoms with E-state index in [4.69, 9.17) is 4.99 Å². The summed E-state index contributed by atoms with van der Waals surface area (Å²) in [7, 11) is -3.76. The molecule has 0 spiro atoms. The Bertz CT molecular complexity index is 1300. The van der Waals surface area contributed by atoms with Gasteiger partial charge in [0.05, 0.1) is 16.3 Å². The number of anilines is 1. The van der Waals surface area contributed by atoms with Crippen LogP contribution in [0, 0.1) is 6.92 Å². The zero-order valence-corrected chi connectivity index (χ0v) is 20.9. The van der Waals surface area contributed by atoms with Gasteiger partial charge in [-0.15, -0.1) is 0 Å². The number of benzene rings is 3. The van der Waals surface area contributed by atoms with Crippen LogP contribution in [-0.4, -0.2) is 14.1 Å². The largest absolute Gasteiger partial charge is 0.268 e. The molecule has 0 bridgehead atoms. The van der Waals surface area contributed by atoms with Crippen molar-refractivity contribution in [2.75, 3.05) is 4.31 Å². The van der Waals surface area contributed by atoms with Crippen molar-refractivity contribution < 1.29 is 8.42 Å². The number of rotatable bonds is 9. The Balaban J connectivity index is 1.72. The molecule has 176 valence electrons. The number of aliphatic imine (C=N–C) groups is 1. The summed E-state index contributed by atoms with van der Waals surface area (Å²) in [5.41, 5.74) is 4.88. The number of para-hydroxylation sites is 2. The van der Waals surface area contributed by atoms with Gasteiger partial charge in [-0.1, -0.05) is 80.4 Å². The summed E-state index contributed by atoms with van der Waals surface area (Å²) >= 11 is 0. The second-order valence-electron chi connectivity index (χ2n) is 8.80. The fourth-order valence-corrected chi connectivity index (χ4v) is 6.09. The van der Waals surface area contributed by atoms with E-state index in [9.17, 15) is 8.42 Å². The number of sulfonamides is 1. The summed E-state index contributed by atoms with van der Waals surface area (Å²) in [5, 5.41) is 0. The molecule has 34 heavy (non-hydrogen) atoms. The van der Waals surface area contributed by atoms with E-state index in [1.807, 2.05) is 61.5 Å². The Labute approximate surface area is 203 Å². The van der Waals surface area contributed by atoms with Crippen molar-refractivity contribution in [1.29, 1.82) is 0 Å². The topological polar surface area (TPSA) is 49.7 Å². The van der Waals surface area contributed by atoms with E-state index in [1.54, 1.807) is 18.3 Å². The van der Waals surface area contributed by atoms with E-state index >= 15 is 0 Å². The minimum Gasteiger partial charge on any atom is -0.257 e. The average Bonchev–Trinajstić information content (AvgIpc) is 3.16. The van der Waals surface area contributed by atoms with Crippen LogP contribution in [0.25, 0.3) is 0 Å². The lowest BCUT2D eigenvalue weighted by Crippen LogP contribution is -2.32. The molecule has 0 radical (unpaired) electrons. The lowest BCUT2D eigenvalue weighted by molar-refractivity contribution is 0.560. The van der Waals surface area contributed by atoms with E-state index < -0.39 is 10.0 Å². The second kappa shape index (κ2) is 9.98. The molecule has 0 aromatic heterocycles. The van der Waals surface area contributed by atoms with Gasteiger partial charge < -0.3 is 0 Å². The van der Waals surface area contributed by atoms with Gasteiger partial charge in [0.25, 0.3) is 10.0 Å². The van der Waals surface area contributed by atoms with Crippen LogP contribution in [-0.2, 0) is 15.4 Å². The molecule has 0 unspecified atom stereocenters. The Morgan fingerprint density at radius 3 is 2.26 bits per heavy atom. The minimum atomic E-state index is -3.76. The number of aryl methyl sites for hydroxylation is 1. The summed E-state index contributed by atoms with van der Waals surface area (Å²) in [6, 6.07) is 24.6. The Morgan fingerprint density at radius 2 is 1.59 bits per heavy atom. The van der Waals surface area contributed by atoms with Gasteiger partial charge in [0.15, 0.2) is 0 Å². The van der Waals surface area contributed by atoms with Gasteiger partial charge in [0.1, 0.15) is 0 Å². The first-order valence-corrected chi connectivity index (χ1v) is 13.4. The third-order valence-electron chi connectivity index (χ3n) is 6.61. The highest BCUT2D eigenvalue weighted by Gasteiger charge is 2.40. The molecule has 1 aliphatic heterocycles. The first-order chi connectivity index (χ1) is 16.4. The molecule has 0 aliphatic carbocycles. The zero-order valence-electron chi connectivity index (χ0n) is 20.1. The van der Waals surface area contributed by atoms with Crippen LogP contribution >= 0.6 is 0 Å². The smallest absolute Gasteiger partial charge is 0.257 e. The fraction of sp³-hybridized carbons (Fsp3) is 0.276. The highest BCUT2D eigenvalue weighted by Crippen LogP contribution is 2.46. The number of nitrogens with zero attached hydrogens (tertiary/aromatic N) is 2. The predicted molar refractivity (Wildman–Crippen MR) is 141 cm³/mol. The van der Waals surface area contributed by atoms with Crippen LogP contribution in [0.2, 0.25) is 0 Å². The summed E-state index contributed by atoms with van der Waals surface area (Å²) in [4.78, 5) is 5.25.